The zero-order chi connectivity index (χ0) is 12.5. The second-order valence-electron chi connectivity index (χ2n) is 3.98. The summed E-state index contributed by atoms with van der Waals surface area (Å²) in [7, 11) is 0. The SMILES string of the molecule is O=C(Nc1cc(Cl)cc2c1OCC2)c1cn[nH]c1. The van der Waals surface area contributed by atoms with Crippen LogP contribution in [-0.4, -0.2) is 22.7 Å². The summed E-state index contributed by atoms with van der Waals surface area (Å²) in [5.74, 6) is 0.458. The van der Waals surface area contributed by atoms with Gasteiger partial charge >= 0.3 is 0 Å². The number of halogens is 1. The average molecular weight is 264 g/mol. The van der Waals surface area contributed by atoms with E-state index in [0.717, 1.165) is 12.0 Å². The van der Waals surface area contributed by atoms with Crippen LogP contribution in [0, 0.1) is 0 Å². The molecule has 0 bridgehead atoms. The van der Waals surface area contributed by atoms with Gasteiger partial charge in [0.1, 0.15) is 5.75 Å². The molecule has 92 valence electrons. The van der Waals surface area contributed by atoms with E-state index in [2.05, 4.69) is 15.5 Å². The Morgan fingerprint density at radius 3 is 3.17 bits per heavy atom. The van der Waals surface area contributed by atoms with Gasteiger partial charge < -0.3 is 10.1 Å². The van der Waals surface area contributed by atoms with Crippen LogP contribution in [0.15, 0.2) is 24.5 Å². The van der Waals surface area contributed by atoms with E-state index in [1.807, 2.05) is 6.07 Å². The maximum Gasteiger partial charge on any atom is 0.258 e. The first-order valence-corrected chi connectivity index (χ1v) is 5.87. The second-order valence-corrected chi connectivity index (χ2v) is 4.42. The van der Waals surface area contributed by atoms with Crippen LogP contribution in [0.5, 0.6) is 5.75 Å². The monoisotopic (exact) mass is 263 g/mol. The second kappa shape index (κ2) is 4.34. The molecule has 1 aliphatic rings. The van der Waals surface area contributed by atoms with Crippen LogP contribution in [0.3, 0.4) is 0 Å². The third-order valence-electron chi connectivity index (χ3n) is 2.76. The topological polar surface area (TPSA) is 67.0 Å². The minimum atomic E-state index is -0.247. The molecule has 0 saturated carbocycles. The molecule has 2 aromatic rings. The average Bonchev–Trinajstić information content (AvgIpc) is 2.98. The number of hydrogen-bond acceptors (Lipinski definition) is 3. The molecule has 6 heteroatoms. The number of benzene rings is 1. The summed E-state index contributed by atoms with van der Waals surface area (Å²) in [6.07, 6.45) is 3.80. The molecule has 0 saturated heterocycles. The molecule has 18 heavy (non-hydrogen) atoms. The van der Waals surface area contributed by atoms with E-state index >= 15 is 0 Å². The molecular weight excluding hydrogens is 254 g/mol. The van der Waals surface area contributed by atoms with Gasteiger partial charge in [0, 0.05) is 23.2 Å². The van der Waals surface area contributed by atoms with Gasteiger partial charge in [-0.3, -0.25) is 9.89 Å². The predicted molar refractivity (Wildman–Crippen MR) is 67.2 cm³/mol. The van der Waals surface area contributed by atoms with Gasteiger partial charge in [-0.1, -0.05) is 11.6 Å². The first-order valence-electron chi connectivity index (χ1n) is 5.49. The molecule has 1 aromatic carbocycles. The highest BCUT2D eigenvalue weighted by Gasteiger charge is 2.19. The lowest BCUT2D eigenvalue weighted by Gasteiger charge is -2.09. The summed E-state index contributed by atoms with van der Waals surface area (Å²) in [6, 6.07) is 3.54. The molecule has 1 amide bonds. The summed E-state index contributed by atoms with van der Waals surface area (Å²) in [6.45, 7) is 0.615. The van der Waals surface area contributed by atoms with Crippen LogP contribution in [0.2, 0.25) is 5.02 Å². The number of aromatic amines is 1. The Labute approximate surface area is 108 Å². The Hall–Kier alpha value is -2.01. The summed E-state index contributed by atoms with van der Waals surface area (Å²) < 4.78 is 5.51. The van der Waals surface area contributed by atoms with Crippen LogP contribution < -0.4 is 10.1 Å². The molecule has 2 N–H and O–H groups in total. The van der Waals surface area contributed by atoms with E-state index in [0.29, 0.717) is 28.6 Å². The molecule has 1 aliphatic heterocycles. The van der Waals surface area contributed by atoms with Gasteiger partial charge in [-0.15, -0.1) is 0 Å². The number of rotatable bonds is 2. The molecule has 0 fully saturated rings. The Morgan fingerprint density at radius 1 is 1.50 bits per heavy atom. The number of aromatic nitrogens is 2. The zero-order valence-electron chi connectivity index (χ0n) is 9.37. The van der Waals surface area contributed by atoms with Crippen LogP contribution in [0.1, 0.15) is 15.9 Å². The van der Waals surface area contributed by atoms with Crippen LogP contribution in [0.4, 0.5) is 5.69 Å². The Morgan fingerprint density at radius 2 is 2.39 bits per heavy atom. The number of carbonyl (C=O) groups is 1. The quantitative estimate of drug-likeness (QED) is 0.873. The van der Waals surface area contributed by atoms with Crippen molar-refractivity contribution in [1.82, 2.24) is 10.2 Å². The minimum absolute atomic E-state index is 0.247. The Bertz CT molecular complexity index is 596. The first kappa shape index (κ1) is 11.1. The van der Waals surface area contributed by atoms with Crippen molar-refractivity contribution in [2.75, 3.05) is 11.9 Å². The van der Waals surface area contributed by atoms with Crippen molar-refractivity contribution >= 4 is 23.2 Å². The highest BCUT2D eigenvalue weighted by molar-refractivity contribution is 6.31. The number of amides is 1. The van der Waals surface area contributed by atoms with Gasteiger partial charge in [0.25, 0.3) is 5.91 Å². The number of ether oxygens (including phenoxy) is 1. The van der Waals surface area contributed by atoms with E-state index in [-0.39, 0.29) is 5.91 Å². The van der Waals surface area contributed by atoms with Crippen LogP contribution in [0.25, 0.3) is 0 Å². The number of nitrogens with zero attached hydrogens (tertiary/aromatic N) is 1. The third kappa shape index (κ3) is 1.93. The van der Waals surface area contributed by atoms with Gasteiger partial charge in [-0.05, 0) is 12.1 Å². The predicted octanol–water partition coefficient (Wildman–Crippen LogP) is 2.25. The van der Waals surface area contributed by atoms with Crippen LogP contribution in [-0.2, 0) is 6.42 Å². The van der Waals surface area contributed by atoms with Crippen molar-refractivity contribution in [3.05, 3.63) is 40.7 Å². The van der Waals surface area contributed by atoms with Gasteiger partial charge in [0.05, 0.1) is 24.1 Å². The van der Waals surface area contributed by atoms with Gasteiger partial charge in [0.15, 0.2) is 0 Å². The van der Waals surface area contributed by atoms with Crippen molar-refractivity contribution in [2.45, 2.75) is 6.42 Å². The summed E-state index contributed by atoms with van der Waals surface area (Å²) >= 11 is 6.01. The molecule has 5 nitrogen and oxygen atoms in total. The fraction of sp³-hybridized carbons (Fsp3) is 0.167. The van der Waals surface area contributed by atoms with E-state index in [1.54, 1.807) is 6.07 Å². The van der Waals surface area contributed by atoms with Gasteiger partial charge in [-0.25, -0.2) is 0 Å². The smallest absolute Gasteiger partial charge is 0.258 e. The molecule has 1 aromatic heterocycles. The molecule has 0 atom stereocenters. The number of carbonyl (C=O) groups excluding carboxylic acids is 1. The number of anilines is 1. The van der Waals surface area contributed by atoms with E-state index in [1.165, 1.54) is 12.4 Å². The maximum absolute atomic E-state index is 11.9. The molecule has 0 aliphatic carbocycles. The lowest BCUT2D eigenvalue weighted by Crippen LogP contribution is -2.11. The molecule has 0 unspecified atom stereocenters. The zero-order valence-corrected chi connectivity index (χ0v) is 10.1. The van der Waals surface area contributed by atoms with E-state index in [9.17, 15) is 4.79 Å². The van der Waals surface area contributed by atoms with E-state index < -0.39 is 0 Å². The highest BCUT2D eigenvalue weighted by atomic mass is 35.5. The standard InChI is InChI=1S/C12H10ClN3O2/c13-9-3-7-1-2-18-11(7)10(4-9)16-12(17)8-5-14-15-6-8/h3-6H,1-2H2,(H,14,15)(H,16,17). The fourth-order valence-corrected chi connectivity index (χ4v) is 2.17. The van der Waals surface area contributed by atoms with Crippen LogP contribution >= 0.6 is 11.6 Å². The van der Waals surface area contributed by atoms with Gasteiger partial charge in [-0.2, -0.15) is 5.10 Å². The first-order chi connectivity index (χ1) is 8.74. The normalized spacial score (nSPS) is 12.9. The highest BCUT2D eigenvalue weighted by Crippen LogP contribution is 2.36. The minimum Gasteiger partial charge on any atom is -0.491 e. The number of H-pyrrole nitrogens is 1. The number of hydrogen-bond donors (Lipinski definition) is 2. The van der Waals surface area contributed by atoms with E-state index in [4.69, 9.17) is 16.3 Å². The van der Waals surface area contributed by atoms with Gasteiger partial charge in [0.2, 0.25) is 0 Å². The number of nitrogens with one attached hydrogen (secondary N) is 2. The van der Waals surface area contributed by atoms with Crippen molar-refractivity contribution in [2.24, 2.45) is 0 Å². The molecule has 0 spiro atoms. The summed E-state index contributed by atoms with van der Waals surface area (Å²) in [5.41, 5.74) is 2.08. The third-order valence-corrected chi connectivity index (χ3v) is 2.98. The van der Waals surface area contributed by atoms with Crippen molar-refractivity contribution in [3.8, 4) is 5.75 Å². The molecule has 2 heterocycles. The summed E-state index contributed by atoms with van der Waals surface area (Å²) in [5, 5.41) is 9.69. The largest absolute Gasteiger partial charge is 0.491 e. The molecule has 3 rings (SSSR count). The maximum atomic E-state index is 11.9. The van der Waals surface area contributed by atoms with Crippen molar-refractivity contribution < 1.29 is 9.53 Å². The van der Waals surface area contributed by atoms with Crippen molar-refractivity contribution in [1.29, 1.82) is 0 Å². The molecule has 0 radical (unpaired) electrons. The summed E-state index contributed by atoms with van der Waals surface area (Å²) in [4.78, 5) is 11.9. The lowest BCUT2D eigenvalue weighted by molar-refractivity contribution is 0.102. The molecular formula is C12H10ClN3O2. The number of fused-ring (bicyclic) bond motifs is 1. The van der Waals surface area contributed by atoms with Crippen molar-refractivity contribution in [3.63, 3.8) is 0 Å². The Balaban J connectivity index is 1.91. The lowest BCUT2D eigenvalue weighted by atomic mass is 10.1. The Kier molecular flexibility index (Phi) is 2.68. The fourth-order valence-electron chi connectivity index (χ4n) is 1.93.